The van der Waals surface area contributed by atoms with Crippen molar-refractivity contribution >= 4 is 28.4 Å². The van der Waals surface area contributed by atoms with Gasteiger partial charge in [-0.25, -0.2) is 4.57 Å². The van der Waals surface area contributed by atoms with Crippen LogP contribution in [0.5, 0.6) is 0 Å². The van der Waals surface area contributed by atoms with Crippen LogP contribution in [0.25, 0.3) is 11.3 Å². The highest BCUT2D eigenvalue weighted by molar-refractivity contribution is 14.1. The SMILES string of the molecule is O=C(C[n+]1ccc(-c2ccccc2)nc1)c1ccc(I)cc1. The molecule has 0 fully saturated rings. The largest absolute Gasteiger partial charge is 0.290 e. The lowest BCUT2D eigenvalue weighted by Crippen LogP contribution is -2.37. The first-order valence-corrected chi connectivity index (χ1v) is 7.99. The van der Waals surface area contributed by atoms with Gasteiger partial charge in [0.15, 0.2) is 12.2 Å². The quantitative estimate of drug-likeness (QED) is 0.381. The molecule has 0 spiro atoms. The Morgan fingerprint density at radius 1 is 1.00 bits per heavy atom. The van der Waals surface area contributed by atoms with Gasteiger partial charge in [-0.05, 0) is 39.7 Å². The second kappa shape index (κ2) is 6.79. The number of rotatable bonds is 4. The fourth-order valence-electron chi connectivity index (χ4n) is 2.15. The molecule has 0 saturated carbocycles. The molecule has 0 saturated heterocycles. The number of benzene rings is 2. The molecular formula is C18H14IN2O+. The first-order valence-electron chi connectivity index (χ1n) is 6.92. The molecule has 0 aliphatic carbocycles. The predicted octanol–water partition coefficient (Wildman–Crippen LogP) is 3.52. The van der Waals surface area contributed by atoms with Crippen molar-refractivity contribution in [1.29, 1.82) is 0 Å². The monoisotopic (exact) mass is 401 g/mol. The number of aromatic nitrogens is 2. The molecule has 3 aromatic rings. The van der Waals surface area contributed by atoms with Crippen molar-refractivity contribution in [1.82, 2.24) is 4.98 Å². The predicted molar refractivity (Wildman–Crippen MR) is 93.4 cm³/mol. The Morgan fingerprint density at radius 3 is 2.36 bits per heavy atom. The third-order valence-corrected chi connectivity index (χ3v) is 4.05. The number of carbonyl (C=O) groups excluding carboxylic acids is 1. The van der Waals surface area contributed by atoms with Gasteiger partial charge in [-0.1, -0.05) is 42.5 Å². The number of Topliss-reactive ketones (excluding diaryl/α,β-unsaturated/α-hetero) is 1. The number of hydrogen-bond donors (Lipinski definition) is 0. The molecule has 4 heteroatoms. The van der Waals surface area contributed by atoms with E-state index in [9.17, 15) is 4.79 Å². The van der Waals surface area contributed by atoms with Crippen LogP contribution in [0.1, 0.15) is 10.4 Å². The van der Waals surface area contributed by atoms with Crippen molar-refractivity contribution < 1.29 is 9.36 Å². The summed E-state index contributed by atoms with van der Waals surface area (Å²) in [4.78, 5) is 16.6. The Labute approximate surface area is 142 Å². The molecule has 22 heavy (non-hydrogen) atoms. The van der Waals surface area contributed by atoms with E-state index in [4.69, 9.17) is 0 Å². The Hall–Kier alpha value is -2.08. The molecule has 0 bridgehead atoms. The molecular weight excluding hydrogens is 387 g/mol. The highest BCUT2D eigenvalue weighted by Gasteiger charge is 2.11. The lowest BCUT2D eigenvalue weighted by Gasteiger charge is -2.01. The Bertz CT molecular complexity index is 768. The Balaban J connectivity index is 1.73. The molecule has 0 aliphatic heterocycles. The molecule has 3 rings (SSSR count). The highest BCUT2D eigenvalue weighted by Crippen LogP contribution is 2.13. The minimum atomic E-state index is 0.0793. The summed E-state index contributed by atoms with van der Waals surface area (Å²) in [5.74, 6) is 0.0793. The van der Waals surface area contributed by atoms with Gasteiger partial charge in [0.1, 0.15) is 0 Å². The molecule has 1 heterocycles. The summed E-state index contributed by atoms with van der Waals surface area (Å²) in [7, 11) is 0. The van der Waals surface area contributed by atoms with Gasteiger partial charge in [0.25, 0.3) is 6.33 Å². The minimum absolute atomic E-state index is 0.0793. The molecule has 108 valence electrons. The third kappa shape index (κ3) is 3.57. The van der Waals surface area contributed by atoms with Crippen molar-refractivity contribution in [3.8, 4) is 11.3 Å². The van der Waals surface area contributed by atoms with E-state index in [0.29, 0.717) is 6.54 Å². The number of hydrogen-bond acceptors (Lipinski definition) is 2. The standard InChI is InChI=1S/C18H14IN2O/c19-16-8-6-15(7-9-16)18(22)12-21-11-10-17(20-13-21)14-4-2-1-3-5-14/h1-11,13H,12H2/q+1. The van der Waals surface area contributed by atoms with E-state index < -0.39 is 0 Å². The van der Waals surface area contributed by atoms with Crippen molar-refractivity contribution in [2.75, 3.05) is 0 Å². The second-order valence-electron chi connectivity index (χ2n) is 4.91. The number of halogens is 1. The molecule has 0 unspecified atom stereocenters. The maximum Gasteiger partial charge on any atom is 0.287 e. The van der Waals surface area contributed by atoms with Crippen LogP contribution in [0.15, 0.2) is 73.2 Å². The van der Waals surface area contributed by atoms with Crippen LogP contribution in [0.3, 0.4) is 0 Å². The summed E-state index contributed by atoms with van der Waals surface area (Å²) in [5, 5.41) is 0. The summed E-state index contributed by atoms with van der Waals surface area (Å²) in [6, 6.07) is 19.5. The number of ketones is 1. The summed E-state index contributed by atoms with van der Waals surface area (Å²) in [5.41, 5.74) is 2.69. The smallest absolute Gasteiger partial charge is 0.287 e. The molecule has 1 aromatic heterocycles. The maximum atomic E-state index is 12.2. The Kier molecular flexibility index (Phi) is 4.58. The summed E-state index contributed by atoms with van der Waals surface area (Å²) in [6.07, 6.45) is 3.59. The van der Waals surface area contributed by atoms with Gasteiger partial charge < -0.3 is 0 Å². The van der Waals surface area contributed by atoms with Gasteiger partial charge in [-0.2, -0.15) is 0 Å². The van der Waals surface area contributed by atoms with Crippen LogP contribution >= 0.6 is 22.6 Å². The zero-order chi connectivity index (χ0) is 15.4. The molecule has 0 radical (unpaired) electrons. The zero-order valence-electron chi connectivity index (χ0n) is 11.8. The van der Waals surface area contributed by atoms with Crippen LogP contribution in [0.2, 0.25) is 0 Å². The Morgan fingerprint density at radius 2 is 1.73 bits per heavy atom. The van der Waals surface area contributed by atoms with Crippen LogP contribution in [-0.2, 0) is 6.54 Å². The van der Waals surface area contributed by atoms with Gasteiger partial charge in [0.05, 0.1) is 6.20 Å². The fourth-order valence-corrected chi connectivity index (χ4v) is 2.51. The van der Waals surface area contributed by atoms with Gasteiger partial charge in [-0.15, -0.1) is 0 Å². The summed E-state index contributed by atoms with van der Waals surface area (Å²) in [6.45, 7) is 0.294. The highest BCUT2D eigenvalue weighted by atomic mass is 127. The van der Waals surface area contributed by atoms with E-state index in [-0.39, 0.29) is 5.78 Å². The van der Waals surface area contributed by atoms with Gasteiger partial charge >= 0.3 is 0 Å². The number of nitrogens with zero attached hydrogens (tertiary/aromatic N) is 2. The van der Waals surface area contributed by atoms with Crippen molar-refractivity contribution in [3.05, 3.63) is 82.3 Å². The van der Waals surface area contributed by atoms with Gasteiger partial charge in [0.2, 0.25) is 5.78 Å². The molecule has 3 nitrogen and oxygen atoms in total. The molecule has 0 amide bonds. The maximum absolute atomic E-state index is 12.2. The zero-order valence-corrected chi connectivity index (χ0v) is 14.0. The van der Waals surface area contributed by atoms with E-state index >= 15 is 0 Å². The summed E-state index contributed by atoms with van der Waals surface area (Å²) >= 11 is 2.23. The third-order valence-electron chi connectivity index (χ3n) is 3.33. The van der Waals surface area contributed by atoms with Crippen molar-refractivity contribution in [2.45, 2.75) is 6.54 Å². The van der Waals surface area contributed by atoms with E-state index in [1.165, 1.54) is 0 Å². The second-order valence-corrected chi connectivity index (χ2v) is 6.16. The molecule has 2 aromatic carbocycles. The van der Waals surface area contributed by atoms with E-state index in [0.717, 1.165) is 20.4 Å². The van der Waals surface area contributed by atoms with Crippen molar-refractivity contribution in [3.63, 3.8) is 0 Å². The topological polar surface area (TPSA) is 33.8 Å². The van der Waals surface area contributed by atoms with Crippen LogP contribution < -0.4 is 4.57 Å². The van der Waals surface area contributed by atoms with Crippen LogP contribution in [-0.4, -0.2) is 10.8 Å². The van der Waals surface area contributed by atoms with E-state index in [1.807, 2.05) is 66.9 Å². The van der Waals surface area contributed by atoms with E-state index in [2.05, 4.69) is 27.6 Å². The van der Waals surface area contributed by atoms with Crippen molar-refractivity contribution in [2.24, 2.45) is 0 Å². The lowest BCUT2D eigenvalue weighted by atomic mass is 10.1. The minimum Gasteiger partial charge on any atom is -0.290 e. The molecule has 0 aliphatic rings. The summed E-state index contributed by atoms with van der Waals surface area (Å²) < 4.78 is 2.92. The molecule has 0 N–H and O–H groups in total. The molecule has 0 atom stereocenters. The van der Waals surface area contributed by atoms with Gasteiger partial charge in [-0.3, -0.25) is 4.79 Å². The van der Waals surface area contributed by atoms with Gasteiger partial charge in [0, 0.05) is 20.8 Å². The number of carbonyl (C=O) groups is 1. The lowest BCUT2D eigenvalue weighted by molar-refractivity contribution is -0.686. The average Bonchev–Trinajstić information content (AvgIpc) is 2.57. The normalized spacial score (nSPS) is 10.4. The first-order chi connectivity index (χ1) is 10.7. The fraction of sp³-hybridized carbons (Fsp3) is 0.0556. The average molecular weight is 401 g/mol. The van der Waals surface area contributed by atoms with E-state index in [1.54, 1.807) is 10.9 Å². The van der Waals surface area contributed by atoms with Crippen LogP contribution in [0, 0.1) is 3.57 Å². The van der Waals surface area contributed by atoms with Crippen LogP contribution in [0.4, 0.5) is 0 Å². The first kappa shape index (κ1) is 14.8.